The first-order valence-corrected chi connectivity index (χ1v) is 8.38. The van der Waals surface area contributed by atoms with Gasteiger partial charge in [0.1, 0.15) is 18.0 Å². The molecule has 1 aromatic rings. The van der Waals surface area contributed by atoms with E-state index in [1.165, 1.54) is 14.7 Å². The first-order valence-electron chi connectivity index (χ1n) is 7.30. The summed E-state index contributed by atoms with van der Waals surface area (Å²) in [5.41, 5.74) is 1.35. The molecule has 0 bridgehead atoms. The van der Waals surface area contributed by atoms with Gasteiger partial charge < -0.3 is 14.8 Å². The molecular weight excluding hydrogens is 393 g/mol. The van der Waals surface area contributed by atoms with Crippen molar-refractivity contribution in [2.24, 2.45) is 0 Å². The summed E-state index contributed by atoms with van der Waals surface area (Å²) >= 11 is 2.33. The number of nitrogens with one attached hydrogen (secondary N) is 1. The zero-order valence-electron chi connectivity index (χ0n) is 14.5. The third-order valence-electron chi connectivity index (χ3n) is 2.85. The average molecular weight is 419 g/mol. The van der Waals surface area contributed by atoms with Crippen LogP contribution in [0.1, 0.15) is 45.7 Å². The van der Waals surface area contributed by atoms with Gasteiger partial charge in [0.05, 0.1) is 5.54 Å². The summed E-state index contributed by atoms with van der Waals surface area (Å²) in [6.45, 7) is 13.8. The number of rotatable bonds is 4. The van der Waals surface area contributed by atoms with Crippen LogP contribution in [0.15, 0.2) is 12.1 Å². The molecule has 124 valence electrons. The Labute approximate surface area is 147 Å². The van der Waals surface area contributed by atoms with Crippen molar-refractivity contribution in [3.05, 3.63) is 26.8 Å². The Balaban J connectivity index is 2.64. The van der Waals surface area contributed by atoms with E-state index in [-0.39, 0.29) is 0 Å². The maximum Gasteiger partial charge on any atom is 0.408 e. The van der Waals surface area contributed by atoms with Crippen molar-refractivity contribution in [2.75, 3.05) is 6.61 Å². The third-order valence-corrected chi connectivity index (χ3v) is 4.55. The molecule has 0 spiro atoms. The molecule has 0 radical (unpaired) electrons. The van der Waals surface area contributed by atoms with Gasteiger partial charge in [0.2, 0.25) is 0 Å². The van der Waals surface area contributed by atoms with Crippen LogP contribution in [-0.2, 0) is 4.74 Å². The fraction of sp³-hybridized carbons (Fsp3) is 0.588. The second kappa shape index (κ2) is 7.06. The van der Waals surface area contributed by atoms with Crippen LogP contribution in [0.3, 0.4) is 0 Å². The van der Waals surface area contributed by atoms with Crippen molar-refractivity contribution in [3.8, 4) is 5.75 Å². The number of benzene rings is 1. The normalized spacial score (nSPS) is 12.0. The summed E-state index contributed by atoms with van der Waals surface area (Å²) in [7, 11) is 0. The van der Waals surface area contributed by atoms with Gasteiger partial charge in [-0.1, -0.05) is 0 Å². The minimum Gasteiger partial charge on any atom is -0.491 e. The molecule has 0 fully saturated rings. The van der Waals surface area contributed by atoms with E-state index in [0.717, 1.165) is 5.75 Å². The second-order valence-corrected chi connectivity index (χ2v) is 8.25. The molecule has 0 aliphatic rings. The van der Waals surface area contributed by atoms with E-state index in [1.54, 1.807) is 0 Å². The van der Waals surface area contributed by atoms with Gasteiger partial charge in [-0.2, -0.15) is 0 Å². The lowest BCUT2D eigenvalue weighted by atomic mass is 10.1. The minimum atomic E-state index is -0.521. The van der Waals surface area contributed by atoms with Gasteiger partial charge in [0.15, 0.2) is 0 Å². The molecule has 0 heterocycles. The largest absolute Gasteiger partial charge is 0.491 e. The summed E-state index contributed by atoms with van der Waals surface area (Å²) in [5.74, 6) is 0.814. The van der Waals surface area contributed by atoms with Crippen LogP contribution in [0.5, 0.6) is 5.75 Å². The van der Waals surface area contributed by atoms with Crippen LogP contribution >= 0.6 is 22.6 Å². The van der Waals surface area contributed by atoms with E-state index >= 15 is 0 Å². The average Bonchev–Trinajstić information content (AvgIpc) is 2.30. The molecule has 5 heteroatoms. The van der Waals surface area contributed by atoms with Crippen molar-refractivity contribution in [2.45, 2.75) is 59.6 Å². The van der Waals surface area contributed by atoms with Gasteiger partial charge in [0, 0.05) is 3.57 Å². The Bertz CT molecular complexity index is 524. The zero-order chi connectivity index (χ0) is 17.1. The summed E-state index contributed by atoms with van der Waals surface area (Å²) in [6, 6.07) is 4.02. The number of alkyl carbamates (subject to hydrolysis) is 1. The van der Waals surface area contributed by atoms with E-state index in [0.29, 0.717) is 6.61 Å². The van der Waals surface area contributed by atoms with E-state index in [4.69, 9.17) is 9.47 Å². The molecule has 0 aliphatic carbocycles. The van der Waals surface area contributed by atoms with Crippen molar-refractivity contribution in [1.29, 1.82) is 0 Å². The topological polar surface area (TPSA) is 47.6 Å². The summed E-state index contributed by atoms with van der Waals surface area (Å²) in [5, 5.41) is 2.84. The summed E-state index contributed by atoms with van der Waals surface area (Å²) < 4.78 is 12.4. The fourth-order valence-electron chi connectivity index (χ4n) is 1.87. The first kappa shape index (κ1) is 19.1. The highest BCUT2D eigenvalue weighted by Crippen LogP contribution is 2.24. The Morgan fingerprint density at radius 3 is 2.09 bits per heavy atom. The standard InChI is InChI=1S/C17H26INO3/c1-11-8-13(9-12(2)14(11)18)21-10-17(6,7)19-15(20)22-16(3,4)5/h8-9H,10H2,1-7H3,(H,19,20). The number of halogens is 1. The second-order valence-electron chi connectivity index (χ2n) is 7.17. The van der Waals surface area contributed by atoms with Gasteiger partial charge in [-0.25, -0.2) is 4.79 Å². The molecule has 0 aromatic heterocycles. The Hall–Kier alpha value is -0.980. The molecule has 1 aromatic carbocycles. The molecule has 22 heavy (non-hydrogen) atoms. The number of hydrogen-bond donors (Lipinski definition) is 1. The smallest absolute Gasteiger partial charge is 0.408 e. The lowest BCUT2D eigenvalue weighted by molar-refractivity contribution is 0.0441. The third kappa shape index (κ3) is 6.42. The molecule has 0 aliphatic heterocycles. The van der Waals surface area contributed by atoms with Gasteiger partial charge in [-0.05, 0) is 94.3 Å². The van der Waals surface area contributed by atoms with Gasteiger partial charge in [-0.15, -0.1) is 0 Å². The number of hydrogen-bond acceptors (Lipinski definition) is 3. The van der Waals surface area contributed by atoms with E-state index < -0.39 is 17.2 Å². The van der Waals surface area contributed by atoms with Crippen molar-refractivity contribution >= 4 is 28.7 Å². The van der Waals surface area contributed by atoms with Crippen LogP contribution in [0.25, 0.3) is 0 Å². The summed E-state index contributed by atoms with van der Waals surface area (Å²) in [4.78, 5) is 11.8. The molecule has 1 N–H and O–H groups in total. The number of amides is 1. The number of carbonyl (C=O) groups excluding carboxylic acids is 1. The highest BCUT2D eigenvalue weighted by Gasteiger charge is 2.25. The Kier molecular flexibility index (Phi) is 6.12. The van der Waals surface area contributed by atoms with Crippen molar-refractivity contribution in [3.63, 3.8) is 0 Å². The molecular formula is C17H26INO3. The van der Waals surface area contributed by atoms with Gasteiger partial charge in [0.25, 0.3) is 0 Å². The number of carbonyl (C=O) groups is 1. The molecule has 0 atom stereocenters. The highest BCUT2D eigenvalue weighted by molar-refractivity contribution is 14.1. The minimum absolute atomic E-state index is 0.367. The monoisotopic (exact) mass is 419 g/mol. The zero-order valence-corrected chi connectivity index (χ0v) is 16.6. The summed E-state index contributed by atoms with van der Waals surface area (Å²) in [6.07, 6.45) is -0.434. The Morgan fingerprint density at radius 1 is 1.14 bits per heavy atom. The van der Waals surface area contributed by atoms with Crippen LogP contribution in [0, 0.1) is 17.4 Å². The van der Waals surface area contributed by atoms with Gasteiger partial charge in [-0.3, -0.25) is 0 Å². The van der Waals surface area contributed by atoms with Crippen molar-refractivity contribution in [1.82, 2.24) is 5.32 Å². The van der Waals surface area contributed by atoms with Crippen LogP contribution in [-0.4, -0.2) is 23.8 Å². The highest BCUT2D eigenvalue weighted by atomic mass is 127. The van der Waals surface area contributed by atoms with Crippen molar-refractivity contribution < 1.29 is 14.3 Å². The van der Waals surface area contributed by atoms with Gasteiger partial charge >= 0.3 is 6.09 Å². The Morgan fingerprint density at radius 2 is 1.64 bits per heavy atom. The van der Waals surface area contributed by atoms with Crippen LogP contribution < -0.4 is 10.1 Å². The molecule has 0 saturated carbocycles. The molecule has 1 amide bonds. The number of aryl methyl sites for hydroxylation is 2. The lowest BCUT2D eigenvalue weighted by Crippen LogP contribution is -2.49. The van der Waals surface area contributed by atoms with E-state index in [9.17, 15) is 4.79 Å². The maximum atomic E-state index is 11.8. The quantitative estimate of drug-likeness (QED) is 0.727. The lowest BCUT2D eigenvalue weighted by Gasteiger charge is -2.28. The predicted molar refractivity (Wildman–Crippen MR) is 97.6 cm³/mol. The molecule has 0 saturated heterocycles. The fourth-order valence-corrected chi connectivity index (χ4v) is 2.18. The first-order chi connectivity index (χ1) is 9.89. The van der Waals surface area contributed by atoms with Crippen LogP contribution in [0.4, 0.5) is 4.79 Å². The molecule has 1 rings (SSSR count). The van der Waals surface area contributed by atoms with E-state index in [1.807, 2.05) is 46.8 Å². The molecule has 0 unspecified atom stereocenters. The molecule has 4 nitrogen and oxygen atoms in total. The SMILES string of the molecule is Cc1cc(OCC(C)(C)NC(=O)OC(C)(C)C)cc(C)c1I. The number of ether oxygens (including phenoxy) is 2. The predicted octanol–water partition coefficient (Wildman–Crippen LogP) is 4.59. The van der Waals surface area contributed by atoms with E-state index in [2.05, 4.69) is 41.8 Å². The maximum absolute atomic E-state index is 11.8. The van der Waals surface area contributed by atoms with Crippen LogP contribution in [0.2, 0.25) is 0 Å².